The van der Waals surface area contributed by atoms with Gasteiger partial charge in [0, 0.05) is 18.9 Å². The van der Waals surface area contributed by atoms with E-state index in [1.54, 1.807) is 6.92 Å². The molecular weight excluding hydrogens is 210 g/mol. The van der Waals surface area contributed by atoms with E-state index in [2.05, 4.69) is 0 Å². The number of likely N-dealkylation sites (tertiary alicyclic amines) is 1. The first kappa shape index (κ1) is 13.1. The number of hydrogen-bond donors (Lipinski definition) is 0. The van der Waals surface area contributed by atoms with E-state index in [1.165, 1.54) is 4.90 Å². The molecule has 1 heterocycles. The van der Waals surface area contributed by atoms with Crippen LogP contribution in [0.5, 0.6) is 0 Å². The number of ether oxygens (including phenoxy) is 2. The van der Waals surface area contributed by atoms with Crippen molar-refractivity contribution in [3.8, 4) is 0 Å². The van der Waals surface area contributed by atoms with Crippen LogP contribution in [0.1, 0.15) is 20.3 Å². The molecule has 0 aromatic rings. The second kappa shape index (κ2) is 6.60. The van der Waals surface area contributed by atoms with E-state index >= 15 is 0 Å². The van der Waals surface area contributed by atoms with E-state index in [-0.39, 0.29) is 17.7 Å². The summed E-state index contributed by atoms with van der Waals surface area (Å²) >= 11 is 0. The van der Waals surface area contributed by atoms with Gasteiger partial charge in [-0.3, -0.25) is 14.5 Å². The largest absolute Gasteiger partial charge is 0.379 e. The zero-order valence-corrected chi connectivity index (χ0v) is 9.90. The molecule has 1 rings (SSSR count). The number of nitrogens with zero attached hydrogens (tertiary/aromatic N) is 1. The van der Waals surface area contributed by atoms with Gasteiger partial charge >= 0.3 is 0 Å². The van der Waals surface area contributed by atoms with Gasteiger partial charge in [-0.1, -0.05) is 6.92 Å². The van der Waals surface area contributed by atoms with Gasteiger partial charge in [0.05, 0.1) is 26.4 Å². The Balaban J connectivity index is 2.13. The van der Waals surface area contributed by atoms with E-state index in [0.29, 0.717) is 39.4 Å². The van der Waals surface area contributed by atoms with E-state index < -0.39 is 0 Å². The minimum Gasteiger partial charge on any atom is -0.379 e. The quantitative estimate of drug-likeness (QED) is 0.469. The molecule has 1 atom stereocenters. The summed E-state index contributed by atoms with van der Waals surface area (Å²) in [7, 11) is 0. The van der Waals surface area contributed by atoms with Crippen LogP contribution in [0.15, 0.2) is 0 Å². The maximum atomic E-state index is 11.5. The Hall–Kier alpha value is -0.940. The van der Waals surface area contributed by atoms with Crippen LogP contribution in [-0.2, 0) is 19.1 Å². The van der Waals surface area contributed by atoms with Crippen molar-refractivity contribution >= 4 is 11.8 Å². The predicted octanol–water partition coefficient (Wildman–Crippen LogP) is 0.434. The van der Waals surface area contributed by atoms with E-state index in [9.17, 15) is 9.59 Å². The summed E-state index contributed by atoms with van der Waals surface area (Å²) < 4.78 is 10.4. The van der Waals surface area contributed by atoms with E-state index in [0.717, 1.165) is 0 Å². The molecule has 0 N–H and O–H groups in total. The summed E-state index contributed by atoms with van der Waals surface area (Å²) in [5.41, 5.74) is 0. The standard InChI is InChI=1S/C11H19NO4/c1-3-15-6-7-16-5-4-12-10(13)8-9(2)11(12)14/h9H,3-8H2,1-2H3. The molecular formula is C11H19NO4. The second-order valence-electron chi connectivity index (χ2n) is 3.80. The predicted molar refractivity (Wildman–Crippen MR) is 57.8 cm³/mol. The van der Waals surface area contributed by atoms with Crippen molar-refractivity contribution in [2.45, 2.75) is 20.3 Å². The topological polar surface area (TPSA) is 55.8 Å². The Morgan fingerprint density at radius 1 is 1.25 bits per heavy atom. The molecule has 5 nitrogen and oxygen atoms in total. The zero-order valence-electron chi connectivity index (χ0n) is 9.90. The molecule has 1 unspecified atom stereocenters. The average molecular weight is 229 g/mol. The molecule has 1 saturated heterocycles. The van der Waals surface area contributed by atoms with Crippen molar-refractivity contribution in [1.29, 1.82) is 0 Å². The molecule has 92 valence electrons. The summed E-state index contributed by atoms with van der Waals surface area (Å²) in [4.78, 5) is 24.2. The minimum absolute atomic E-state index is 0.0848. The fraction of sp³-hybridized carbons (Fsp3) is 0.818. The lowest BCUT2D eigenvalue weighted by molar-refractivity contribution is -0.140. The molecule has 0 aromatic carbocycles. The highest BCUT2D eigenvalue weighted by molar-refractivity contribution is 6.03. The third kappa shape index (κ3) is 3.57. The molecule has 0 aliphatic carbocycles. The van der Waals surface area contributed by atoms with Crippen molar-refractivity contribution < 1.29 is 19.1 Å². The molecule has 0 aromatic heterocycles. The van der Waals surface area contributed by atoms with E-state index in [4.69, 9.17) is 9.47 Å². The number of carbonyl (C=O) groups is 2. The number of amides is 2. The summed E-state index contributed by atoms with van der Waals surface area (Å²) in [5.74, 6) is -0.347. The lowest BCUT2D eigenvalue weighted by Crippen LogP contribution is -2.33. The monoisotopic (exact) mass is 229 g/mol. The van der Waals surface area contributed by atoms with Gasteiger partial charge in [0.25, 0.3) is 0 Å². The molecule has 2 amide bonds. The average Bonchev–Trinajstić information content (AvgIpc) is 2.49. The fourth-order valence-electron chi connectivity index (χ4n) is 1.60. The van der Waals surface area contributed by atoms with Crippen LogP contribution in [0.4, 0.5) is 0 Å². The Morgan fingerprint density at radius 3 is 2.50 bits per heavy atom. The van der Waals surface area contributed by atoms with Crippen molar-refractivity contribution in [1.82, 2.24) is 4.90 Å². The lowest BCUT2D eigenvalue weighted by Gasteiger charge is -2.14. The first-order valence-electron chi connectivity index (χ1n) is 5.66. The highest BCUT2D eigenvalue weighted by Crippen LogP contribution is 2.17. The van der Waals surface area contributed by atoms with Gasteiger partial charge in [0.1, 0.15) is 0 Å². The number of hydrogen-bond acceptors (Lipinski definition) is 4. The Labute approximate surface area is 95.7 Å². The summed E-state index contributed by atoms with van der Waals surface area (Å²) in [6.45, 7) is 6.16. The van der Waals surface area contributed by atoms with Crippen LogP contribution in [0.3, 0.4) is 0 Å². The van der Waals surface area contributed by atoms with Gasteiger partial charge in [-0.25, -0.2) is 0 Å². The molecule has 0 spiro atoms. The van der Waals surface area contributed by atoms with Gasteiger partial charge < -0.3 is 9.47 Å². The zero-order chi connectivity index (χ0) is 12.0. The van der Waals surface area contributed by atoms with Gasteiger partial charge in [0.2, 0.25) is 11.8 Å². The van der Waals surface area contributed by atoms with Gasteiger partial charge in [-0.2, -0.15) is 0 Å². The fourth-order valence-corrected chi connectivity index (χ4v) is 1.60. The first-order valence-corrected chi connectivity index (χ1v) is 5.66. The smallest absolute Gasteiger partial charge is 0.232 e. The van der Waals surface area contributed by atoms with Crippen molar-refractivity contribution in [3.63, 3.8) is 0 Å². The molecule has 0 saturated carbocycles. The van der Waals surface area contributed by atoms with Crippen molar-refractivity contribution in [2.24, 2.45) is 5.92 Å². The summed E-state index contributed by atoms with van der Waals surface area (Å²) in [6, 6.07) is 0. The Kier molecular flexibility index (Phi) is 5.42. The van der Waals surface area contributed by atoms with E-state index in [1.807, 2.05) is 6.92 Å². The molecule has 5 heteroatoms. The van der Waals surface area contributed by atoms with Gasteiger partial charge in [-0.05, 0) is 6.92 Å². The van der Waals surface area contributed by atoms with Gasteiger partial charge in [0.15, 0.2) is 0 Å². The number of imide groups is 1. The third-order valence-corrected chi connectivity index (χ3v) is 2.50. The van der Waals surface area contributed by atoms with Crippen LogP contribution in [0, 0.1) is 5.92 Å². The molecule has 0 radical (unpaired) electrons. The molecule has 16 heavy (non-hydrogen) atoms. The highest BCUT2D eigenvalue weighted by atomic mass is 16.5. The molecule has 1 aliphatic rings. The Morgan fingerprint density at radius 2 is 1.94 bits per heavy atom. The van der Waals surface area contributed by atoms with Crippen molar-refractivity contribution in [3.05, 3.63) is 0 Å². The normalized spacial score (nSPS) is 20.9. The maximum Gasteiger partial charge on any atom is 0.232 e. The first-order chi connectivity index (χ1) is 7.66. The molecule has 0 bridgehead atoms. The number of rotatable bonds is 7. The highest BCUT2D eigenvalue weighted by Gasteiger charge is 2.34. The second-order valence-corrected chi connectivity index (χ2v) is 3.80. The van der Waals surface area contributed by atoms with Crippen molar-refractivity contribution in [2.75, 3.05) is 33.0 Å². The molecule has 1 aliphatic heterocycles. The van der Waals surface area contributed by atoms with Crippen LogP contribution < -0.4 is 0 Å². The lowest BCUT2D eigenvalue weighted by atomic mass is 10.1. The Bertz CT molecular complexity index is 254. The SMILES string of the molecule is CCOCCOCCN1C(=O)CC(C)C1=O. The third-order valence-electron chi connectivity index (χ3n) is 2.50. The van der Waals surface area contributed by atoms with Crippen LogP contribution >= 0.6 is 0 Å². The summed E-state index contributed by atoms with van der Waals surface area (Å²) in [6.07, 6.45) is 0.331. The van der Waals surface area contributed by atoms with Crippen LogP contribution in [0.2, 0.25) is 0 Å². The summed E-state index contributed by atoms with van der Waals surface area (Å²) in [5, 5.41) is 0. The number of carbonyl (C=O) groups excluding carboxylic acids is 2. The van der Waals surface area contributed by atoms with Crippen LogP contribution in [-0.4, -0.2) is 49.7 Å². The molecule has 1 fully saturated rings. The van der Waals surface area contributed by atoms with Gasteiger partial charge in [-0.15, -0.1) is 0 Å². The minimum atomic E-state index is -0.170. The van der Waals surface area contributed by atoms with Crippen LogP contribution in [0.25, 0.3) is 0 Å². The maximum absolute atomic E-state index is 11.5.